The zero-order valence-corrected chi connectivity index (χ0v) is 12.0. The maximum atomic E-state index is 11.3. The fourth-order valence-corrected chi connectivity index (χ4v) is 2.21. The molecule has 9 heteroatoms. The van der Waals surface area contributed by atoms with E-state index in [1.807, 2.05) is 0 Å². The van der Waals surface area contributed by atoms with Gasteiger partial charge in [-0.25, -0.2) is 19.2 Å². The van der Waals surface area contributed by atoms with Crippen LogP contribution in [0.15, 0.2) is 24.3 Å². The lowest BCUT2D eigenvalue weighted by Crippen LogP contribution is -2.11. The fraction of sp³-hybridized carbons (Fsp3) is 0. The van der Waals surface area contributed by atoms with Crippen LogP contribution in [0, 0.1) is 0 Å². The first-order valence-corrected chi connectivity index (χ1v) is 5.78. The van der Waals surface area contributed by atoms with Crippen molar-refractivity contribution in [3.8, 4) is 0 Å². The Morgan fingerprint density at radius 3 is 0.826 bits per heavy atom. The molecule has 4 N–H and O–H groups in total. The molecule has 0 radical (unpaired) electrons. The third-order valence-electron chi connectivity index (χ3n) is 3.08. The van der Waals surface area contributed by atoms with E-state index >= 15 is 0 Å². The summed E-state index contributed by atoms with van der Waals surface area (Å²) >= 11 is 0. The number of benzene rings is 2. The Balaban J connectivity index is 0.00000264. The van der Waals surface area contributed by atoms with Crippen LogP contribution < -0.4 is 0 Å². The predicted molar refractivity (Wildman–Crippen MR) is 79.0 cm³/mol. The maximum Gasteiger partial charge on any atom is 0.336 e. The van der Waals surface area contributed by atoms with Crippen LogP contribution in [0.4, 0.5) is 0 Å². The van der Waals surface area contributed by atoms with Crippen molar-refractivity contribution < 1.29 is 39.6 Å². The van der Waals surface area contributed by atoms with Crippen molar-refractivity contribution in [2.45, 2.75) is 0 Å². The summed E-state index contributed by atoms with van der Waals surface area (Å²) < 4.78 is 0. The molecule has 120 valence electrons. The van der Waals surface area contributed by atoms with Crippen molar-refractivity contribution >= 4 is 47.1 Å². The summed E-state index contributed by atoms with van der Waals surface area (Å²) in [5, 5.41) is 35.8. The summed E-state index contributed by atoms with van der Waals surface area (Å²) in [7, 11) is 0. The standard InChI is InChI=1S/C14H8O8.ClH/c15-11(16)5-1-2-6(12(17)18)10-8(14(21)22)4-3-7(9(5)10)13(19)20;/h1-4H,(H,15,16)(H,17,18)(H,19,20)(H,21,22);1H. The summed E-state index contributed by atoms with van der Waals surface area (Å²) in [4.78, 5) is 45.1. The van der Waals surface area contributed by atoms with E-state index in [0.29, 0.717) is 0 Å². The number of hydrogen-bond acceptors (Lipinski definition) is 4. The quantitative estimate of drug-likeness (QED) is 0.660. The first-order chi connectivity index (χ1) is 10.3. The van der Waals surface area contributed by atoms with Gasteiger partial charge in [-0.05, 0) is 24.3 Å². The molecular formula is C14H9ClO8. The van der Waals surface area contributed by atoms with Crippen LogP contribution in [-0.4, -0.2) is 44.3 Å². The second kappa shape index (κ2) is 6.32. The molecule has 0 atom stereocenters. The molecule has 2 aromatic carbocycles. The van der Waals surface area contributed by atoms with Gasteiger partial charge in [0.05, 0.1) is 22.3 Å². The summed E-state index contributed by atoms with van der Waals surface area (Å²) in [6.45, 7) is 0. The molecule has 2 aromatic rings. The monoisotopic (exact) mass is 340 g/mol. The van der Waals surface area contributed by atoms with Crippen molar-refractivity contribution in [1.29, 1.82) is 0 Å². The van der Waals surface area contributed by atoms with Gasteiger partial charge in [-0.15, -0.1) is 12.4 Å². The lowest BCUT2D eigenvalue weighted by Gasteiger charge is -2.11. The number of carbonyl (C=O) groups is 4. The minimum atomic E-state index is -1.49. The van der Waals surface area contributed by atoms with E-state index in [4.69, 9.17) is 20.4 Å². The Morgan fingerprint density at radius 1 is 0.522 bits per heavy atom. The maximum absolute atomic E-state index is 11.3. The van der Waals surface area contributed by atoms with E-state index in [1.54, 1.807) is 0 Å². The first kappa shape index (κ1) is 17.9. The summed E-state index contributed by atoms with van der Waals surface area (Å²) in [6.07, 6.45) is 0. The lowest BCUT2D eigenvalue weighted by atomic mass is 9.91. The number of rotatable bonds is 4. The highest BCUT2D eigenvalue weighted by molar-refractivity contribution is 6.21. The molecule has 0 fully saturated rings. The molecule has 0 bridgehead atoms. The van der Waals surface area contributed by atoms with Crippen LogP contribution in [0.25, 0.3) is 10.8 Å². The van der Waals surface area contributed by atoms with Crippen LogP contribution in [0.2, 0.25) is 0 Å². The van der Waals surface area contributed by atoms with Gasteiger partial charge in [0, 0.05) is 10.8 Å². The number of carboxylic acids is 4. The van der Waals surface area contributed by atoms with Gasteiger partial charge in [0.25, 0.3) is 0 Å². The molecule has 0 aliphatic rings. The number of halogens is 1. The third kappa shape index (κ3) is 2.92. The molecule has 0 unspecified atom stereocenters. The van der Waals surface area contributed by atoms with E-state index in [9.17, 15) is 19.2 Å². The normalized spacial score (nSPS) is 9.91. The number of fused-ring (bicyclic) bond motifs is 1. The topological polar surface area (TPSA) is 149 Å². The average Bonchev–Trinajstić information content (AvgIpc) is 2.43. The molecule has 0 aromatic heterocycles. The highest BCUT2D eigenvalue weighted by Gasteiger charge is 2.24. The first-order valence-electron chi connectivity index (χ1n) is 5.78. The highest BCUT2D eigenvalue weighted by Crippen LogP contribution is 2.30. The van der Waals surface area contributed by atoms with Crippen LogP contribution >= 0.6 is 12.4 Å². The number of carboxylic acid groups (broad SMARTS) is 4. The van der Waals surface area contributed by atoms with Gasteiger partial charge in [0.15, 0.2) is 0 Å². The molecule has 0 saturated heterocycles. The Kier molecular flexibility index (Phi) is 4.93. The van der Waals surface area contributed by atoms with Gasteiger partial charge in [-0.2, -0.15) is 0 Å². The summed E-state index contributed by atoms with van der Waals surface area (Å²) in [5.41, 5.74) is -1.94. The summed E-state index contributed by atoms with van der Waals surface area (Å²) in [5.74, 6) is -5.97. The van der Waals surface area contributed by atoms with Crippen LogP contribution in [0.5, 0.6) is 0 Å². The third-order valence-corrected chi connectivity index (χ3v) is 3.08. The van der Waals surface area contributed by atoms with Crippen LogP contribution in [0.3, 0.4) is 0 Å². The fourth-order valence-electron chi connectivity index (χ4n) is 2.21. The molecule has 0 amide bonds. The molecule has 2 rings (SSSR count). The van der Waals surface area contributed by atoms with E-state index in [2.05, 4.69) is 0 Å². The Bertz CT molecular complexity index is 718. The van der Waals surface area contributed by atoms with Crippen molar-refractivity contribution in [1.82, 2.24) is 0 Å². The second-order valence-electron chi connectivity index (χ2n) is 4.29. The number of hydrogen-bond donors (Lipinski definition) is 4. The van der Waals surface area contributed by atoms with Gasteiger partial charge >= 0.3 is 23.9 Å². The zero-order chi connectivity index (χ0) is 16.6. The SMILES string of the molecule is Cl.O=C(O)c1ccc(C(=O)O)c2c(C(=O)O)ccc(C(=O)O)c12. The van der Waals surface area contributed by atoms with Crippen molar-refractivity contribution in [2.24, 2.45) is 0 Å². The van der Waals surface area contributed by atoms with Crippen molar-refractivity contribution in [3.63, 3.8) is 0 Å². The van der Waals surface area contributed by atoms with Crippen molar-refractivity contribution in [2.75, 3.05) is 0 Å². The average molecular weight is 341 g/mol. The highest BCUT2D eigenvalue weighted by atomic mass is 35.5. The van der Waals surface area contributed by atoms with Gasteiger partial charge in [-0.3, -0.25) is 0 Å². The Morgan fingerprint density at radius 2 is 0.696 bits per heavy atom. The lowest BCUT2D eigenvalue weighted by molar-refractivity contribution is 0.0675. The Hall–Kier alpha value is -3.13. The van der Waals surface area contributed by atoms with Gasteiger partial charge in [0.1, 0.15) is 0 Å². The zero-order valence-electron chi connectivity index (χ0n) is 11.1. The minimum Gasteiger partial charge on any atom is -0.478 e. The molecule has 0 heterocycles. The van der Waals surface area contributed by atoms with Gasteiger partial charge in [0.2, 0.25) is 0 Å². The molecule has 8 nitrogen and oxygen atoms in total. The largest absolute Gasteiger partial charge is 0.478 e. The van der Waals surface area contributed by atoms with E-state index in [-0.39, 0.29) is 12.4 Å². The van der Waals surface area contributed by atoms with Crippen molar-refractivity contribution in [3.05, 3.63) is 46.5 Å². The minimum absolute atomic E-state index is 0. The molecule has 0 aliphatic heterocycles. The van der Waals surface area contributed by atoms with E-state index in [0.717, 1.165) is 24.3 Å². The number of aromatic carboxylic acids is 4. The van der Waals surface area contributed by atoms with E-state index in [1.165, 1.54) is 0 Å². The smallest absolute Gasteiger partial charge is 0.336 e. The van der Waals surface area contributed by atoms with Crippen LogP contribution in [0.1, 0.15) is 41.4 Å². The molecule has 0 saturated carbocycles. The summed E-state index contributed by atoms with van der Waals surface area (Å²) in [6, 6.07) is 3.75. The Labute approximate surface area is 134 Å². The molecule has 23 heavy (non-hydrogen) atoms. The van der Waals surface area contributed by atoms with Gasteiger partial charge in [-0.1, -0.05) is 0 Å². The van der Waals surface area contributed by atoms with Gasteiger partial charge < -0.3 is 20.4 Å². The predicted octanol–water partition coefficient (Wildman–Crippen LogP) is 2.05. The second-order valence-corrected chi connectivity index (χ2v) is 4.29. The van der Waals surface area contributed by atoms with Crippen LogP contribution in [-0.2, 0) is 0 Å². The molecule has 0 aliphatic carbocycles. The van der Waals surface area contributed by atoms with E-state index < -0.39 is 56.9 Å². The molecular weight excluding hydrogens is 332 g/mol. The molecule has 0 spiro atoms.